The molecule has 1 aliphatic carbocycles. The zero-order valence-corrected chi connectivity index (χ0v) is 17.0. The minimum atomic E-state index is -0.148. The second-order valence-corrected chi connectivity index (χ2v) is 8.39. The molecular weight excluding hydrogens is 382 g/mol. The van der Waals surface area contributed by atoms with Gasteiger partial charge in [-0.1, -0.05) is 0 Å². The number of fused-ring (bicyclic) bond motifs is 2. The van der Waals surface area contributed by atoms with E-state index in [1.54, 1.807) is 30.0 Å². The summed E-state index contributed by atoms with van der Waals surface area (Å²) in [5.74, 6) is -0.0265. The van der Waals surface area contributed by atoms with Gasteiger partial charge in [-0.05, 0) is 61.6 Å². The molecule has 6 heteroatoms. The molecule has 1 N–H and O–H groups in total. The quantitative estimate of drug-likeness (QED) is 0.517. The molecule has 0 radical (unpaired) electrons. The first-order chi connectivity index (χ1) is 14.2. The molecule has 0 aliphatic heterocycles. The molecule has 0 bridgehead atoms. The van der Waals surface area contributed by atoms with E-state index < -0.39 is 0 Å². The number of amides is 1. The molecule has 3 heterocycles. The van der Waals surface area contributed by atoms with Crippen molar-refractivity contribution in [2.24, 2.45) is 0 Å². The second-order valence-electron chi connectivity index (χ2n) is 7.50. The Hall–Kier alpha value is -2.99. The van der Waals surface area contributed by atoms with Crippen LogP contribution >= 0.6 is 11.3 Å². The number of rotatable bonds is 5. The number of hydrogen-bond donors (Lipinski definition) is 1. The smallest absolute Gasteiger partial charge is 0.225 e. The van der Waals surface area contributed by atoms with Crippen LogP contribution in [-0.2, 0) is 24.1 Å². The van der Waals surface area contributed by atoms with E-state index >= 15 is 0 Å². The van der Waals surface area contributed by atoms with Crippen LogP contribution in [0.5, 0.6) is 0 Å². The fourth-order valence-electron chi connectivity index (χ4n) is 3.95. The first kappa shape index (κ1) is 18.1. The van der Waals surface area contributed by atoms with Crippen molar-refractivity contribution in [2.45, 2.75) is 38.6 Å². The third kappa shape index (κ3) is 3.56. The number of carbonyl (C=O) groups excluding carboxylic acids is 1. The van der Waals surface area contributed by atoms with Crippen LogP contribution in [0.15, 0.2) is 52.7 Å². The molecule has 1 aromatic carbocycles. The van der Waals surface area contributed by atoms with Crippen molar-refractivity contribution in [3.8, 4) is 11.3 Å². The molecule has 1 unspecified atom stereocenters. The zero-order chi connectivity index (χ0) is 19.8. The molecular formula is C23H21N3O2S. The molecule has 146 valence electrons. The van der Waals surface area contributed by atoms with Gasteiger partial charge in [0, 0.05) is 34.3 Å². The first-order valence-electron chi connectivity index (χ1n) is 9.84. The largest absolute Gasteiger partial charge is 0.464 e. The topological polar surface area (TPSA) is 68.0 Å². The number of nitrogens with one attached hydrogen (secondary N) is 1. The molecule has 29 heavy (non-hydrogen) atoms. The molecule has 3 aromatic heterocycles. The van der Waals surface area contributed by atoms with Gasteiger partial charge in [-0.3, -0.25) is 9.78 Å². The number of furan rings is 1. The van der Waals surface area contributed by atoms with E-state index in [0.717, 1.165) is 45.6 Å². The summed E-state index contributed by atoms with van der Waals surface area (Å²) in [6, 6.07) is 8.06. The third-order valence-corrected chi connectivity index (χ3v) is 6.49. The molecule has 0 spiro atoms. The number of hydrogen-bond acceptors (Lipinski definition) is 5. The summed E-state index contributed by atoms with van der Waals surface area (Å²) >= 11 is 1.55. The van der Waals surface area contributed by atoms with Crippen LogP contribution in [0.25, 0.3) is 22.2 Å². The number of nitrogens with zero attached hydrogens (tertiary/aromatic N) is 2. The highest BCUT2D eigenvalue weighted by atomic mass is 32.1. The van der Waals surface area contributed by atoms with Crippen molar-refractivity contribution < 1.29 is 9.21 Å². The normalized spacial score (nSPS) is 14.1. The van der Waals surface area contributed by atoms with Crippen molar-refractivity contribution in [2.75, 3.05) is 0 Å². The van der Waals surface area contributed by atoms with Crippen LogP contribution in [0.3, 0.4) is 0 Å². The van der Waals surface area contributed by atoms with Gasteiger partial charge in [-0.15, -0.1) is 11.3 Å². The van der Waals surface area contributed by atoms with Crippen LogP contribution in [0.4, 0.5) is 0 Å². The molecule has 5 nitrogen and oxygen atoms in total. The van der Waals surface area contributed by atoms with Crippen LogP contribution in [-0.4, -0.2) is 15.9 Å². The summed E-state index contributed by atoms with van der Waals surface area (Å²) in [7, 11) is 0. The molecule has 0 saturated heterocycles. The highest BCUT2D eigenvalue weighted by molar-refractivity contribution is 7.10. The average molecular weight is 404 g/mol. The summed E-state index contributed by atoms with van der Waals surface area (Å²) < 4.78 is 5.72. The summed E-state index contributed by atoms with van der Waals surface area (Å²) in [6.07, 6.45) is 8.96. The van der Waals surface area contributed by atoms with Crippen LogP contribution in [0.2, 0.25) is 0 Å². The molecule has 1 aliphatic rings. The Kier molecular flexibility index (Phi) is 4.64. The summed E-state index contributed by atoms with van der Waals surface area (Å²) in [4.78, 5) is 21.4. The van der Waals surface area contributed by atoms with E-state index in [1.165, 1.54) is 17.5 Å². The predicted octanol–water partition coefficient (Wildman–Crippen LogP) is 4.86. The van der Waals surface area contributed by atoms with Gasteiger partial charge in [0.05, 0.1) is 24.4 Å². The molecule has 5 rings (SSSR count). The SMILES string of the molecule is CC(NC(=O)Cc1coc2cc3c(cc12)CCC3)c1nc(-c2ccncc2)cs1. The van der Waals surface area contributed by atoms with E-state index in [-0.39, 0.29) is 11.9 Å². The fraction of sp³-hybridized carbons (Fsp3) is 0.261. The Morgan fingerprint density at radius 2 is 2.03 bits per heavy atom. The van der Waals surface area contributed by atoms with E-state index in [0.29, 0.717) is 6.42 Å². The third-order valence-electron chi connectivity index (χ3n) is 5.47. The van der Waals surface area contributed by atoms with Gasteiger partial charge >= 0.3 is 0 Å². The van der Waals surface area contributed by atoms with Crippen LogP contribution < -0.4 is 5.32 Å². The lowest BCUT2D eigenvalue weighted by Crippen LogP contribution is -2.28. The Balaban J connectivity index is 1.29. The molecule has 0 fully saturated rings. The van der Waals surface area contributed by atoms with Gasteiger partial charge in [-0.25, -0.2) is 4.98 Å². The van der Waals surface area contributed by atoms with Crippen LogP contribution in [0.1, 0.15) is 41.1 Å². The van der Waals surface area contributed by atoms with E-state index in [4.69, 9.17) is 4.42 Å². The Morgan fingerprint density at radius 1 is 1.24 bits per heavy atom. The first-order valence-corrected chi connectivity index (χ1v) is 10.7. The molecule has 0 saturated carbocycles. The molecule has 1 amide bonds. The number of aromatic nitrogens is 2. The van der Waals surface area contributed by atoms with Gasteiger partial charge in [0.15, 0.2) is 0 Å². The monoisotopic (exact) mass is 403 g/mol. The summed E-state index contributed by atoms with van der Waals surface area (Å²) in [6.45, 7) is 1.97. The summed E-state index contributed by atoms with van der Waals surface area (Å²) in [5.41, 5.74) is 6.52. The van der Waals surface area contributed by atoms with Crippen molar-refractivity contribution in [1.82, 2.24) is 15.3 Å². The van der Waals surface area contributed by atoms with E-state index in [9.17, 15) is 4.79 Å². The maximum atomic E-state index is 12.7. The average Bonchev–Trinajstić information content (AvgIpc) is 3.47. The zero-order valence-electron chi connectivity index (χ0n) is 16.1. The van der Waals surface area contributed by atoms with Crippen LogP contribution in [0, 0.1) is 0 Å². The van der Waals surface area contributed by atoms with Gasteiger partial charge in [-0.2, -0.15) is 0 Å². The van der Waals surface area contributed by atoms with E-state index in [1.807, 2.05) is 24.4 Å². The second kappa shape index (κ2) is 7.44. The minimum absolute atomic E-state index is 0.0265. The Labute approximate surface area is 172 Å². The standard InChI is InChI=1S/C23H21N3O2S/c1-14(23-26-20(13-29-23)15-5-7-24-8-6-15)25-22(27)11-18-12-28-21-10-17-4-2-3-16(17)9-19(18)21/h5-10,12-14H,2-4,11H2,1H3,(H,25,27). The van der Waals surface area contributed by atoms with Gasteiger partial charge in [0.2, 0.25) is 5.91 Å². The highest BCUT2D eigenvalue weighted by Crippen LogP contribution is 2.31. The van der Waals surface area contributed by atoms with Crippen molar-refractivity contribution >= 4 is 28.2 Å². The summed E-state index contributed by atoms with van der Waals surface area (Å²) in [5, 5.41) is 7.03. The van der Waals surface area contributed by atoms with Gasteiger partial charge in [0.1, 0.15) is 10.6 Å². The number of pyridine rings is 1. The lowest BCUT2D eigenvalue weighted by atomic mass is 10.0. The molecule has 4 aromatic rings. The van der Waals surface area contributed by atoms with E-state index in [2.05, 4.69) is 27.4 Å². The van der Waals surface area contributed by atoms with Gasteiger partial charge in [0.25, 0.3) is 0 Å². The maximum Gasteiger partial charge on any atom is 0.225 e. The number of aryl methyl sites for hydroxylation is 2. The highest BCUT2D eigenvalue weighted by Gasteiger charge is 2.18. The Bertz CT molecular complexity index is 1180. The van der Waals surface area contributed by atoms with Crippen molar-refractivity contribution in [1.29, 1.82) is 0 Å². The number of benzene rings is 1. The van der Waals surface area contributed by atoms with Gasteiger partial charge < -0.3 is 9.73 Å². The molecule has 1 atom stereocenters. The maximum absolute atomic E-state index is 12.7. The van der Waals surface area contributed by atoms with Crippen molar-refractivity contribution in [3.05, 3.63) is 70.0 Å². The predicted molar refractivity (Wildman–Crippen MR) is 114 cm³/mol. The minimum Gasteiger partial charge on any atom is -0.464 e. The lowest BCUT2D eigenvalue weighted by molar-refractivity contribution is -0.121. The number of thiazole rings is 1. The number of carbonyl (C=O) groups is 1. The van der Waals surface area contributed by atoms with Crippen molar-refractivity contribution in [3.63, 3.8) is 0 Å². The fourth-order valence-corrected chi connectivity index (χ4v) is 4.79. The lowest BCUT2D eigenvalue weighted by Gasteiger charge is -2.11. The Morgan fingerprint density at radius 3 is 2.86 bits per heavy atom.